The summed E-state index contributed by atoms with van der Waals surface area (Å²) in [6.07, 6.45) is 5.12. The van der Waals surface area contributed by atoms with Crippen LogP contribution in [0.5, 0.6) is 5.75 Å². The lowest BCUT2D eigenvalue weighted by molar-refractivity contribution is -0.136. The normalized spacial score (nSPS) is 14.5. The lowest BCUT2D eigenvalue weighted by Crippen LogP contribution is -2.39. The van der Waals surface area contributed by atoms with Gasteiger partial charge in [-0.25, -0.2) is 22.4 Å². The molecule has 7 nitrogen and oxygen atoms in total. The molecule has 1 saturated heterocycles. The fourth-order valence-corrected chi connectivity index (χ4v) is 3.46. The van der Waals surface area contributed by atoms with E-state index < -0.39 is 32.6 Å². The molecule has 1 aliphatic heterocycles. The van der Waals surface area contributed by atoms with Gasteiger partial charge in [-0.05, 0) is 48.4 Å². The van der Waals surface area contributed by atoms with Crippen LogP contribution < -0.4 is 4.74 Å². The van der Waals surface area contributed by atoms with Crippen LogP contribution in [0.3, 0.4) is 0 Å². The molecule has 0 saturated carbocycles. The molecule has 0 spiro atoms. The third-order valence-electron chi connectivity index (χ3n) is 5.03. The standard InChI is InChI=1S/C23H20F3N3O3.Cl2OS/c1-14-11-29(13-27-14)19-4-3-15(9-20(19)31-2)10-21-23(30)28(5-6-32-21)12-16-7-17(24)22(26)18(25)8-16;1-4(2)3/h3-4,7-11,13H,5-6,12H2,1-2H3;. The summed E-state index contributed by atoms with van der Waals surface area (Å²) >= 11 is 0. The highest BCUT2D eigenvalue weighted by Crippen LogP contribution is 2.27. The summed E-state index contributed by atoms with van der Waals surface area (Å²) in [5.41, 5.74) is 2.47. The van der Waals surface area contributed by atoms with E-state index in [0.29, 0.717) is 11.3 Å². The second-order valence-corrected chi connectivity index (χ2v) is 10.0. The number of ether oxygens (including phenoxy) is 2. The predicted octanol–water partition coefficient (Wildman–Crippen LogP) is 5.05. The molecule has 1 aliphatic rings. The van der Waals surface area contributed by atoms with Crippen LogP contribution >= 0.6 is 21.4 Å². The van der Waals surface area contributed by atoms with Crippen molar-refractivity contribution in [3.63, 3.8) is 0 Å². The third-order valence-corrected chi connectivity index (χ3v) is 5.03. The average Bonchev–Trinajstić information content (AvgIpc) is 3.25. The molecule has 192 valence electrons. The number of imidazole rings is 1. The smallest absolute Gasteiger partial charge is 0.289 e. The molecule has 3 aromatic rings. The maximum absolute atomic E-state index is 13.5. The number of aryl methyl sites for hydroxylation is 1. The monoisotopic (exact) mass is 561 g/mol. The van der Waals surface area contributed by atoms with Gasteiger partial charge in [0.05, 0.1) is 31.4 Å². The number of benzene rings is 2. The molecule has 0 N–H and O–H groups in total. The first-order valence-corrected chi connectivity index (χ1v) is 13.1. The topological polar surface area (TPSA) is 73.7 Å². The zero-order valence-electron chi connectivity index (χ0n) is 19.0. The molecular formula is C23H20Cl2F3N3O4S. The van der Waals surface area contributed by atoms with E-state index in [1.807, 2.05) is 23.8 Å². The highest BCUT2D eigenvalue weighted by Gasteiger charge is 2.26. The Morgan fingerprint density at radius 2 is 1.86 bits per heavy atom. The quantitative estimate of drug-likeness (QED) is 0.247. The number of amides is 1. The van der Waals surface area contributed by atoms with E-state index in [0.717, 1.165) is 23.5 Å². The van der Waals surface area contributed by atoms with Crippen molar-refractivity contribution < 1.29 is 31.6 Å². The first-order chi connectivity index (χ1) is 17.1. The van der Waals surface area contributed by atoms with Crippen LogP contribution in [-0.4, -0.2) is 44.8 Å². The van der Waals surface area contributed by atoms with Gasteiger partial charge < -0.3 is 18.9 Å². The SMILES string of the molecule is COc1cc(C=C2OCCN(Cc3cc(F)c(F)c(F)c3)C2=O)ccc1-n1cnc(C)c1.O=S(Cl)Cl. The molecular weight excluding hydrogens is 542 g/mol. The Bertz CT molecular complexity index is 1290. The Labute approximate surface area is 216 Å². The van der Waals surface area contributed by atoms with Crippen molar-refractivity contribution >= 4 is 42.6 Å². The van der Waals surface area contributed by atoms with Gasteiger partial charge in [0.15, 0.2) is 23.2 Å². The number of nitrogens with zero attached hydrogens (tertiary/aromatic N) is 3. The predicted molar refractivity (Wildman–Crippen MR) is 130 cm³/mol. The number of aromatic nitrogens is 2. The average molecular weight is 562 g/mol. The van der Waals surface area contributed by atoms with Gasteiger partial charge in [0.25, 0.3) is 5.91 Å². The first-order valence-electron chi connectivity index (χ1n) is 10.3. The van der Waals surface area contributed by atoms with Gasteiger partial charge in [0.2, 0.25) is 9.23 Å². The maximum Gasteiger partial charge on any atom is 0.289 e. The molecule has 0 atom stereocenters. The summed E-state index contributed by atoms with van der Waals surface area (Å²) in [6, 6.07) is 7.16. The minimum absolute atomic E-state index is 0.0735. The van der Waals surface area contributed by atoms with E-state index in [-0.39, 0.29) is 31.0 Å². The maximum atomic E-state index is 13.5. The van der Waals surface area contributed by atoms with Gasteiger partial charge in [0.1, 0.15) is 12.4 Å². The van der Waals surface area contributed by atoms with Crippen molar-refractivity contribution in [3.05, 3.63) is 82.9 Å². The van der Waals surface area contributed by atoms with Crippen molar-refractivity contribution in [1.29, 1.82) is 0 Å². The van der Waals surface area contributed by atoms with Gasteiger partial charge in [-0.1, -0.05) is 6.07 Å². The molecule has 36 heavy (non-hydrogen) atoms. The van der Waals surface area contributed by atoms with E-state index >= 15 is 0 Å². The summed E-state index contributed by atoms with van der Waals surface area (Å²) < 4.78 is 62.1. The molecule has 0 bridgehead atoms. The van der Waals surface area contributed by atoms with Crippen molar-refractivity contribution in [2.24, 2.45) is 0 Å². The highest BCUT2D eigenvalue weighted by molar-refractivity contribution is 8.26. The molecule has 0 aliphatic carbocycles. The minimum atomic E-state index is -1.67. The number of carbonyl (C=O) groups is 1. The zero-order valence-corrected chi connectivity index (χ0v) is 21.3. The molecule has 0 radical (unpaired) electrons. The molecule has 1 aromatic heterocycles. The molecule has 0 unspecified atom stereocenters. The van der Waals surface area contributed by atoms with Gasteiger partial charge in [-0.2, -0.15) is 0 Å². The van der Waals surface area contributed by atoms with Gasteiger partial charge in [-0.3, -0.25) is 4.79 Å². The van der Waals surface area contributed by atoms with Crippen LogP contribution in [0.1, 0.15) is 16.8 Å². The first kappa shape index (κ1) is 27.6. The molecule has 2 heterocycles. The lowest BCUT2D eigenvalue weighted by Gasteiger charge is -2.29. The van der Waals surface area contributed by atoms with E-state index in [1.165, 1.54) is 4.90 Å². The molecule has 1 amide bonds. The van der Waals surface area contributed by atoms with Crippen molar-refractivity contribution in [2.45, 2.75) is 13.5 Å². The highest BCUT2D eigenvalue weighted by atomic mass is 36.0. The van der Waals surface area contributed by atoms with Crippen LogP contribution in [0, 0.1) is 24.4 Å². The second kappa shape index (κ2) is 12.3. The van der Waals surface area contributed by atoms with Crippen molar-refractivity contribution in [3.8, 4) is 11.4 Å². The Kier molecular flexibility index (Phi) is 9.41. The van der Waals surface area contributed by atoms with Crippen LogP contribution in [-0.2, 0) is 25.3 Å². The largest absolute Gasteiger partial charge is 0.495 e. The summed E-state index contributed by atoms with van der Waals surface area (Å²) in [5.74, 6) is -3.89. The minimum Gasteiger partial charge on any atom is -0.495 e. The Hall–Kier alpha value is -3.02. The number of rotatable bonds is 5. The van der Waals surface area contributed by atoms with Crippen molar-refractivity contribution in [1.82, 2.24) is 14.5 Å². The molecule has 4 rings (SSSR count). The fourth-order valence-electron chi connectivity index (χ4n) is 3.46. The Balaban J connectivity index is 0.000000840. The Morgan fingerprint density at radius 3 is 2.44 bits per heavy atom. The molecule has 1 fully saturated rings. The van der Waals surface area contributed by atoms with Crippen LogP contribution in [0.25, 0.3) is 11.8 Å². The van der Waals surface area contributed by atoms with Crippen LogP contribution in [0.2, 0.25) is 0 Å². The summed E-state index contributed by atoms with van der Waals surface area (Å²) in [4.78, 5) is 18.4. The van der Waals surface area contributed by atoms with Gasteiger partial charge >= 0.3 is 0 Å². The van der Waals surface area contributed by atoms with Crippen LogP contribution in [0.15, 0.2) is 48.6 Å². The Morgan fingerprint density at radius 1 is 1.19 bits per heavy atom. The number of hydrogen-bond acceptors (Lipinski definition) is 5. The van der Waals surface area contributed by atoms with E-state index in [1.54, 1.807) is 31.6 Å². The van der Waals surface area contributed by atoms with E-state index in [2.05, 4.69) is 26.3 Å². The number of methoxy groups -OCH3 is 1. The molecule has 2 aromatic carbocycles. The third kappa shape index (κ3) is 7.02. The summed E-state index contributed by atoms with van der Waals surface area (Å²) in [6.45, 7) is 2.26. The summed E-state index contributed by atoms with van der Waals surface area (Å²) in [7, 11) is 8.90. The summed E-state index contributed by atoms with van der Waals surface area (Å²) in [5, 5.41) is 0. The van der Waals surface area contributed by atoms with Gasteiger partial charge in [0, 0.05) is 34.1 Å². The van der Waals surface area contributed by atoms with E-state index in [9.17, 15) is 18.0 Å². The lowest BCUT2D eigenvalue weighted by atomic mass is 10.1. The number of hydrogen-bond donors (Lipinski definition) is 0. The van der Waals surface area contributed by atoms with E-state index in [4.69, 9.17) is 13.7 Å². The second-order valence-electron chi connectivity index (χ2n) is 7.50. The van der Waals surface area contributed by atoms with Gasteiger partial charge in [-0.15, -0.1) is 0 Å². The number of morpholine rings is 1. The molecule has 13 heteroatoms. The zero-order chi connectivity index (χ0) is 26.4. The number of carbonyl (C=O) groups excluding carboxylic acids is 1. The van der Waals surface area contributed by atoms with Crippen LogP contribution in [0.4, 0.5) is 13.2 Å². The fraction of sp³-hybridized carbons (Fsp3) is 0.217. The van der Waals surface area contributed by atoms with Crippen molar-refractivity contribution in [2.75, 3.05) is 20.3 Å². The number of halogens is 5.